The Kier molecular flexibility index (Phi) is 2.29. The Hall–Kier alpha value is -2.04. The van der Waals surface area contributed by atoms with Crippen LogP contribution in [0, 0.1) is 6.92 Å². The van der Waals surface area contributed by atoms with Gasteiger partial charge in [-0.1, -0.05) is 0 Å². The quantitative estimate of drug-likeness (QED) is 0.744. The van der Waals surface area contributed by atoms with Crippen LogP contribution in [-0.2, 0) is 4.79 Å². The van der Waals surface area contributed by atoms with Gasteiger partial charge in [-0.15, -0.1) is 0 Å². The van der Waals surface area contributed by atoms with Gasteiger partial charge in [-0.25, -0.2) is 0 Å². The van der Waals surface area contributed by atoms with Gasteiger partial charge in [0.05, 0.1) is 0 Å². The van der Waals surface area contributed by atoms with E-state index in [0.29, 0.717) is 17.9 Å². The van der Waals surface area contributed by atoms with Crippen molar-refractivity contribution in [2.24, 2.45) is 10.8 Å². The van der Waals surface area contributed by atoms with E-state index in [9.17, 15) is 4.79 Å². The van der Waals surface area contributed by atoms with Gasteiger partial charge in [0.1, 0.15) is 17.2 Å². The number of rotatable bonds is 2. The van der Waals surface area contributed by atoms with Crippen molar-refractivity contribution in [3.05, 3.63) is 35.4 Å². The number of hydrogen-bond donors (Lipinski definition) is 2. The van der Waals surface area contributed by atoms with Crippen LogP contribution < -0.4 is 11.2 Å². The highest BCUT2D eigenvalue weighted by Crippen LogP contribution is 2.13. The topological polar surface area (TPSA) is 80.6 Å². The first kappa shape index (κ1) is 9.51. The Morgan fingerprint density at radius 1 is 1.60 bits per heavy atom. The van der Waals surface area contributed by atoms with Crippen LogP contribution in [0.3, 0.4) is 0 Å². The molecule has 0 aliphatic carbocycles. The number of primary amides is 1. The number of amides is 1. The molecule has 0 unspecified atom stereocenters. The SMILES string of the molecule is Cc1ccc(C2=NNC(C(N)=O)=CC2)o1. The summed E-state index contributed by atoms with van der Waals surface area (Å²) in [6.07, 6.45) is 2.24. The van der Waals surface area contributed by atoms with E-state index in [4.69, 9.17) is 10.2 Å². The van der Waals surface area contributed by atoms with Crippen molar-refractivity contribution in [2.45, 2.75) is 13.3 Å². The van der Waals surface area contributed by atoms with E-state index in [2.05, 4.69) is 10.5 Å². The molecule has 1 aliphatic rings. The molecule has 0 saturated carbocycles. The molecule has 0 radical (unpaired) electrons. The highest BCUT2D eigenvalue weighted by molar-refractivity contribution is 6.02. The van der Waals surface area contributed by atoms with Crippen molar-refractivity contribution in [3.63, 3.8) is 0 Å². The fourth-order valence-electron chi connectivity index (χ4n) is 1.32. The minimum absolute atomic E-state index is 0.321. The summed E-state index contributed by atoms with van der Waals surface area (Å²) in [5.41, 5.74) is 8.76. The average molecular weight is 205 g/mol. The van der Waals surface area contributed by atoms with Crippen molar-refractivity contribution in [1.82, 2.24) is 5.43 Å². The van der Waals surface area contributed by atoms with Crippen molar-refractivity contribution in [3.8, 4) is 0 Å². The number of carbonyl (C=O) groups excluding carboxylic acids is 1. The first-order valence-electron chi connectivity index (χ1n) is 4.56. The molecule has 5 nitrogen and oxygen atoms in total. The second kappa shape index (κ2) is 3.61. The first-order valence-corrected chi connectivity index (χ1v) is 4.56. The largest absolute Gasteiger partial charge is 0.460 e. The van der Waals surface area contributed by atoms with E-state index in [1.165, 1.54) is 0 Å². The highest BCUT2D eigenvalue weighted by atomic mass is 16.3. The molecule has 0 saturated heterocycles. The minimum Gasteiger partial charge on any atom is -0.460 e. The minimum atomic E-state index is -0.506. The average Bonchev–Trinajstić information content (AvgIpc) is 2.65. The van der Waals surface area contributed by atoms with Crippen LogP contribution in [0.1, 0.15) is 17.9 Å². The maximum atomic E-state index is 10.8. The van der Waals surface area contributed by atoms with E-state index in [0.717, 1.165) is 11.5 Å². The normalized spacial score (nSPS) is 15.3. The first-order chi connectivity index (χ1) is 7.16. The third kappa shape index (κ3) is 1.90. The van der Waals surface area contributed by atoms with E-state index in [1.807, 2.05) is 19.1 Å². The zero-order valence-corrected chi connectivity index (χ0v) is 8.28. The Balaban J connectivity index is 2.14. The lowest BCUT2D eigenvalue weighted by atomic mass is 10.1. The lowest BCUT2D eigenvalue weighted by Gasteiger charge is -2.10. The van der Waals surface area contributed by atoms with Crippen LogP contribution in [0.25, 0.3) is 0 Å². The Labute approximate surface area is 86.6 Å². The second-order valence-corrected chi connectivity index (χ2v) is 3.27. The van der Waals surface area contributed by atoms with Gasteiger partial charge in [-0.2, -0.15) is 5.10 Å². The maximum Gasteiger partial charge on any atom is 0.266 e. The molecule has 2 rings (SSSR count). The van der Waals surface area contributed by atoms with Gasteiger partial charge in [-0.3, -0.25) is 10.2 Å². The molecule has 0 fully saturated rings. The Morgan fingerprint density at radius 2 is 2.40 bits per heavy atom. The van der Waals surface area contributed by atoms with E-state index in [-0.39, 0.29) is 0 Å². The van der Waals surface area contributed by atoms with Crippen LogP contribution in [0.2, 0.25) is 0 Å². The number of nitrogens with two attached hydrogens (primary N) is 1. The molecule has 3 N–H and O–H groups in total. The summed E-state index contributed by atoms with van der Waals surface area (Å²) >= 11 is 0. The zero-order chi connectivity index (χ0) is 10.8. The summed E-state index contributed by atoms with van der Waals surface area (Å²) < 4.78 is 5.40. The standard InChI is InChI=1S/C10H11N3O2/c1-6-2-5-9(15-6)7-3-4-8(10(11)14)13-12-7/h2,4-5,13H,3H2,1H3,(H2,11,14). The summed E-state index contributed by atoms with van der Waals surface area (Å²) in [6, 6.07) is 3.71. The third-order valence-corrected chi connectivity index (χ3v) is 2.10. The monoisotopic (exact) mass is 205 g/mol. The molecule has 0 bridgehead atoms. The molecule has 1 aliphatic heterocycles. The van der Waals surface area contributed by atoms with Gasteiger partial charge in [0.15, 0.2) is 5.76 Å². The van der Waals surface area contributed by atoms with Crippen molar-refractivity contribution in [1.29, 1.82) is 0 Å². The second-order valence-electron chi connectivity index (χ2n) is 3.27. The smallest absolute Gasteiger partial charge is 0.266 e. The molecular formula is C10H11N3O2. The molecule has 1 aromatic heterocycles. The molecule has 1 aromatic rings. The number of nitrogens with one attached hydrogen (secondary N) is 1. The number of hydrazone groups is 1. The van der Waals surface area contributed by atoms with Gasteiger partial charge < -0.3 is 10.2 Å². The van der Waals surface area contributed by atoms with Gasteiger partial charge >= 0.3 is 0 Å². The van der Waals surface area contributed by atoms with Crippen LogP contribution in [0.15, 0.2) is 33.4 Å². The van der Waals surface area contributed by atoms with Gasteiger partial charge in [0.2, 0.25) is 0 Å². The number of nitrogens with zero attached hydrogens (tertiary/aromatic N) is 1. The van der Waals surface area contributed by atoms with E-state index >= 15 is 0 Å². The maximum absolute atomic E-state index is 10.8. The van der Waals surface area contributed by atoms with Gasteiger partial charge in [0.25, 0.3) is 5.91 Å². The lowest BCUT2D eigenvalue weighted by Crippen LogP contribution is -2.26. The van der Waals surface area contributed by atoms with Crippen LogP contribution in [0.5, 0.6) is 0 Å². The number of furan rings is 1. The van der Waals surface area contributed by atoms with E-state index < -0.39 is 5.91 Å². The van der Waals surface area contributed by atoms with Crippen molar-refractivity contribution in [2.75, 3.05) is 0 Å². The number of aryl methyl sites for hydroxylation is 1. The zero-order valence-electron chi connectivity index (χ0n) is 8.28. The molecule has 0 aromatic carbocycles. The third-order valence-electron chi connectivity index (χ3n) is 2.10. The Bertz CT molecular complexity index is 457. The van der Waals surface area contributed by atoms with Gasteiger partial charge in [-0.05, 0) is 25.1 Å². The molecule has 1 amide bonds. The van der Waals surface area contributed by atoms with Gasteiger partial charge in [0, 0.05) is 6.42 Å². The summed E-state index contributed by atoms with van der Waals surface area (Å²) in [5, 5.41) is 4.02. The molecule has 78 valence electrons. The Morgan fingerprint density at radius 3 is 2.87 bits per heavy atom. The molecule has 0 atom stereocenters. The summed E-state index contributed by atoms with van der Waals surface area (Å²) in [5.74, 6) is 1.03. The van der Waals surface area contributed by atoms with E-state index in [1.54, 1.807) is 6.08 Å². The van der Waals surface area contributed by atoms with Crippen LogP contribution in [-0.4, -0.2) is 11.6 Å². The summed E-state index contributed by atoms with van der Waals surface area (Å²) in [4.78, 5) is 10.8. The number of allylic oxidation sites excluding steroid dienone is 1. The van der Waals surface area contributed by atoms with Crippen molar-refractivity contribution >= 4 is 11.6 Å². The summed E-state index contributed by atoms with van der Waals surface area (Å²) in [7, 11) is 0. The lowest BCUT2D eigenvalue weighted by molar-refractivity contribution is -0.114. The number of carbonyl (C=O) groups is 1. The molecule has 0 spiro atoms. The molecule has 2 heterocycles. The molecular weight excluding hydrogens is 194 g/mol. The van der Waals surface area contributed by atoms with Crippen LogP contribution >= 0.6 is 0 Å². The fraction of sp³-hybridized carbons (Fsp3) is 0.200. The fourth-order valence-corrected chi connectivity index (χ4v) is 1.32. The molecule has 5 heteroatoms. The predicted molar refractivity (Wildman–Crippen MR) is 55.0 cm³/mol. The summed E-state index contributed by atoms with van der Waals surface area (Å²) in [6.45, 7) is 1.87. The highest BCUT2D eigenvalue weighted by Gasteiger charge is 2.14. The molecule has 15 heavy (non-hydrogen) atoms. The van der Waals surface area contributed by atoms with Crippen molar-refractivity contribution < 1.29 is 9.21 Å². The predicted octanol–water partition coefficient (Wildman–Crippen LogP) is 0.655. The van der Waals surface area contributed by atoms with Crippen LogP contribution in [0.4, 0.5) is 0 Å². The number of hydrogen-bond acceptors (Lipinski definition) is 4.